The molecule has 0 heterocycles. The summed E-state index contributed by atoms with van der Waals surface area (Å²) in [6, 6.07) is 6.81. The van der Waals surface area contributed by atoms with Gasteiger partial charge in [-0.05, 0) is 37.6 Å². The molecule has 0 radical (unpaired) electrons. The van der Waals surface area contributed by atoms with E-state index in [-0.39, 0.29) is 0 Å². The van der Waals surface area contributed by atoms with Gasteiger partial charge in [-0.3, -0.25) is 0 Å². The van der Waals surface area contributed by atoms with Gasteiger partial charge in [-0.15, -0.1) is 11.8 Å². The van der Waals surface area contributed by atoms with Crippen LogP contribution in [-0.4, -0.2) is 6.54 Å². The third kappa shape index (κ3) is 3.66. The minimum atomic E-state index is 0.337. The van der Waals surface area contributed by atoms with E-state index in [9.17, 15) is 0 Å². The van der Waals surface area contributed by atoms with Gasteiger partial charge in [0.15, 0.2) is 0 Å². The third-order valence-electron chi connectivity index (χ3n) is 2.52. The van der Waals surface area contributed by atoms with Crippen molar-refractivity contribution in [2.24, 2.45) is 0 Å². The highest BCUT2D eigenvalue weighted by molar-refractivity contribution is 9.10. The van der Waals surface area contributed by atoms with E-state index in [1.165, 1.54) is 11.1 Å². The van der Waals surface area contributed by atoms with Gasteiger partial charge in [-0.25, -0.2) is 0 Å². The lowest BCUT2D eigenvalue weighted by molar-refractivity contribution is 0.565. The molecule has 0 bridgehead atoms. The fourth-order valence-electron chi connectivity index (χ4n) is 1.64. The lowest BCUT2D eigenvalue weighted by Gasteiger charge is -2.16. The van der Waals surface area contributed by atoms with Gasteiger partial charge in [0.25, 0.3) is 0 Å². The zero-order valence-corrected chi connectivity index (χ0v) is 11.7. The van der Waals surface area contributed by atoms with Crippen LogP contribution in [0, 0.1) is 18.8 Å². The normalized spacial score (nSPS) is 11.8. The molecule has 0 spiro atoms. The number of aryl methyl sites for hydroxylation is 1. The van der Waals surface area contributed by atoms with Gasteiger partial charge >= 0.3 is 0 Å². The molecule has 0 saturated carbocycles. The van der Waals surface area contributed by atoms with Crippen LogP contribution < -0.4 is 5.32 Å². The molecule has 1 unspecified atom stereocenters. The van der Waals surface area contributed by atoms with E-state index in [0.717, 1.165) is 17.4 Å². The van der Waals surface area contributed by atoms with Crippen LogP contribution in [0.25, 0.3) is 0 Å². The maximum absolute atomic E-state index is 3.52. The van der Waals surface area contributed by atoms with E-state index in [4.69, 9.17) is 0 Å². The van der Waals surface area contributed by atoms with E-state index in [0.29, 0.717) is 6.04 Å². The highest BCUT2D eigenvalue weighted by Crippen LogP contribution is 2.22. The lowest BCUT2D eigenvalue weighted by atomic mass is 10.0. The van der Waals surface area contributed by atoms with Gasteiger partial charge < -0.3 is 5.32 Å². The van der Waals surface area contributed by atoms with E-state index in [2.05, 4.69) is 65.1 Å². The minimum absolute atomic E-state index is 0.337. The van der Waals surface area contributed by atoms with Crippen molar-refractivity contribution in [3.05, 3.63) is 33.8 Å². The molecule has 1 aromatic carbocycles. The summed E-state index contributed by atoms with van der Waals surface area (Å²) >= 11 is 3.52. The van der Waals surface area contributed by atoms with Crippen molar-refractivity contribution >= 4 is 15.9 Å². The molecule has 0 aliphatic carbocycles. The first-order valence-electron chi connectivity index (χ1n) is 5.58. The first-order chi connectivity index (χ1) is 7.69. The van der Waals surface area contributed by atoms with Crippen molar-refractivity contribution in [3.8, 4) is 11.8 Å². The number of hydrogen-bond donors (Lipinski definition) is 1. The summed E-state index contributed by atoms with van der Waals surface area (Å²) < 4.78 is 1.16. The molecule has 86 valence electrons. The Morgan fingerprint density at radius 1 is 1.44 bits per heavy atom. The van der Waals surface area contributed by atoms with Gasteiger partial charge in [0.1, 0.15) is 0 Å². The number of rotatable bonds is 4. The lowest BCUT2D eigenvalue weighted by Crippen LogP contribution is -2.20. The summed E-state index contributed by atoms with van der Waals surface area (Å²) in [6.07, 6.45) is 0.866. The molecule has 0 saturated heterocycles. The molecule has 2 heteroatoms. The van der Waals surface area contributed by atoms with Crippen molar-refractivity contribution in [3.63, 3.8) is 0 Å². The smallest absolute Gasteiger partial charge is 0.0430 e. The second-order valence-electron chi connectivity index (χ2n) is 3.75. The molecule has 0 aliphatic heterocycles. The Hall–Kier alpha value is -0.780. The largest absolute Gasteiger partial charge is 0.309 e. The van der Waals surface area contributed by atoms with Crippen molar-refractivity contribution in [2.45, 2.75) is 33.2 Å². The highest BCUT2D eigenvalue weighted by Gasteiger charge is 2.09. The average Bonchev–Trinajstić information content (AvgIpc) is 2.28. The SMILES string of the molecule is CC#CCC(NCC)c1ccc(Br)c(C)c1. The summed E-state index contributed by atoms with van der Waals surface area (Å²) in [5.74, 6) is 6.09. The van der Waals surface area contributed by atoms with Crippen LogP contribution in [0.4, 0.5) is 0 Å². The molecular formula is C14H18BrN. The molecule has 16 heavy (non-hydrogen) atoms. The maximum atomic E-state index is 3.52. The van der Waals surface area contributed by atoms with Gasteiger partial charge in [-0.2, -0.15) is 0 Å². The summed E-state index contributed by atoms with van der Waals surface area (Å²) in [5, 5.41) is 3.46. The minimum Gasteiger partial charge on any atom is -0.309 e. The Labute approximate surface area is 107 Å². The zero-order valence-electron chi connectivity index (χ0n) is 10.1. The predicted molar refractivity (Wildman–Crippen MR) is 73.4 cm³/mol. The standard InChI is InChI=1S/C14H18BrN/c1-4-6-7-14(16-5-2)12-8-9-13(15)11(3)10-12/h8-10,14,16H,5,7H2,1-3H3. The first kappa shape index (κ1) is 13.3. The molecule has 1 N–H and O–H groups in total. The number of halogens is 1. The molecule has 0 aromatic heterocycles. The van der Waals surface area contributed by atoms with E-state index in [1.54, 1.807) is 0 Å². The van der Waals surface area contributed by atoms with Gasteiger partial charge in [-0.1, -0.05) is 35.0 Å². The monoisotopic (exact) mass is 279 g/mol. The number of nitrogens with one attached hydrogen (secondary N) is 1. The fourth-order valence-corrected chi connectivity index (χ4v) is 1.89. The van der Waals surface area contributed by atoms with Crippen LogP contribution in [0.5, 0.6) is 0 Å². The summed E-state index contributed by atoms with van der Waals surface area (Å²) in [4.78, 5) is 0. The van der Waals surface area contributed by atoms with E-state index in [1.807, 2.05) is 6.92 Å². The van der Waals surface area contributed by atoms with Gasteiger partial charge in [0.05, 0.1) is 0 Å². The highest BCUT2D eigenvalue weighted by atomic mass is 79.9. The Kier molecular flexibility index (Phi) is 5.59. The number of hydrogen-bond acceptors (Lipinski definition) is 1. The third-order valence-corrected chi connectivity index (χ3v) is 3.41. The van der Waals surface area contributed by atoms with E-state index >= 15 is 0 Å². The summed E-state index contributed by atoms with van der Waals surface area (Å²) in [6.45, 7) is 7.08. The molecular weight excluding hydrogens is 262 g/mol. The second-order valence-corrected chi connectivity index (χ2v) is 4.60. The molecule has 1 atom stereocenters. The zero-order chi connectivity index (χ0) is 12.0. The molecule has 1 rings (SSSR count). The molecule has 0 fully saturated rings. The van der Waals surface area contributed by atoms with Gasteiger partial charge in [0.2, 0.25) is 0 Å². The van der Waals surface area contributed by atoms with Crippen molar-refractivity contribution in [2.75, 3.05) is 6.54 Å². The first-order valence-corrected chi connectivity index (χ1v) is 6.37. The Morgan fingerprint density at radius 3 is 2.75 bits per heavy atom. The molecule has 0 amide bonds. The number of benzene rings is 1. The van der Waals surface area contributed by atoms with E-state index < -0.39 is 0 Å². The van der Waals surface area contributed by atoms with Crippen LogP contribution in [-0.2, 0) is 0 Å². The van der Waals surface area contributed by atoms with Crippen LogP contribution >= 0.6 is 15.9 Å². The molecule has 0 aliphatic rings. The second kappa shape index (κ2) is 6.73. The predicted octanol–water partition coefficient (Wildman–Crippen LogP) is 3.82. The molecule has 1 aromatic rings. The summed E-state index contributed by atoms with van der Waals surface area (Å²) in [7, 11) is 0. The Bertz CT molecular complexity index is 401. The van der Waals surface area contributed by atoms with Crippen molar-refractivity contribution < 1.29 is 0 Å². The van der Waals surface area contributed by atoms with Crippen LogP contribution in [0.3, 0.4) is 0 Å². The summed E-state index contributed by atoms with van der Waals surface area (Å²) in [5.41, 5.74) is 2.58. The van der Waals surface area contributed by atoms with Crippen LogP contribution in [0.15, 0.2) is 22.7 Å². The van der Waals surface area contributed by atoms with Crippen LogP contribution in [0.1, 0.15) is 37.4 Å². The van der Waals surface area contributed by atoms with Crippen molar-refractivity contribution in [1.82, 2.24) is 5.32 Å². The van der Waals surface area contributed by atoms with Gasteiger partial charge in [0, 0.05) is 16.9 Å². The topological polar surface area (TPSA) is 12.0 Å². The maximum Gasteiger partial charge on any atom is 0.0430 e. The quantitative estimate of drug-likeness (QED) is 0.827. The fraction of sp³-hybridized carbons (Fsp3) is 0.429. The van der Waals surface area contributed by atoms with Crippen LogP contribution in [0.2, 0.25) is 0 Å². The Morgan fingerprint density at radius 2 is 2.19 bits per heavy atom. The van der Waals surface area contributed by atoms with Crippen molar-refractivity contribution in [1.29, 1.82) is 0 Å². The average molecular weight is 280 g/mol. The Balaban J connectivity index is 2.89. The molecule has 1 nitrogen and oxygen atoms in total.